The largest absolute Gasteiger partial charge is 0.389 e. The van der Waals surface area contributed by atoms with E-state index in [0.29, 0.717) is 0 Å². The zero-order chi connectivity index (χ0) is 11.7. The summed E-state index contributed by atoms with van der Waals surface area (Å²) in [6.45, 7) is 4.03. The van der Waals surface area contributed by atoms with E-state index in [-0.39, 0.29) is 12.0 Å². The predicted molar refractivity (Wildman–Crippen MR) is 65.6 cm³/mol. The van der Waals surface area contributed by atoms with Gasteiger partial charge < -0.3 is 15.5 Å². The van der Waals surface area contributed by atoms with E-state index in [4.69, 9.17) is 10.2 Å². The number of halogens is 1. The lowest BCUT2D eigenvalue weighted by molar-refractivity contribution is 0.593. The van der Waals surface area contributed by atoms with E-state index in [1.54, 1.807) is 0 Å². The van der Waals surface area contributed by atoms with Gasteiger partial charge in [0.05, 0.1) is 5.69 Å². The van der Waals surface area contributed by atoms with Crippen molar-refractivity contribution >= 4 is 33.6 Å². The minimum absolute atomic E-state index is 0.0448. The van der Waals surface area contributed by atoms with Crippen LogP contribution in [-0.2, 0) is 0 Å². The van der Waals surface area contributed by atoms with E-state index in [2.05, 4.69) is 37.5 Å². The van der Waals surface area contributed by atoms with E-state index in [1.165, 1.54) is 5.56 Å². The molecule has 0 saturated heterocycles. The molecule has 2 aromatic rings. The Kier molecular flexibility index (Phi) is 2.82. The second-order valence-corrected chi connectivity index (χ2v) is 4.36. The number of nitrogens with two attached hydrogens (primary N) is 1. The van der Waals surface area contributed by atoms with Gasteiger partial charge in [0.1, 0.15) is 0 Å². The summed E-state index contributed by atoms with van der Waals surface area (Å²) in [6.07, 6.45) is 0. The monoisotopic (exact) mass is 282 g/mol. The van der Waals surface area contributed by atoms with Gasteiger partial charge in [-0.05, 0) is 47.0 Å². The number of nitrogen functional groups attached to an aromatic ring is 1. The molecule has 0 saturated carbocycles. The molecule has 0 unspecified atom stereocenters. The number of aryl methyl sites for hydroxylation is 2. The highest BCUT2D eigenvalue weighted by Crippen LogP contribution is 2.30. The van der Waals surface area contributed by atoms with Crippen molar-refractivity contribution in [2.24, 2.45) is 0 Å². The minimum atomic E-state index is 0.0448. The first-order valence-electron chi connectivity index (χ1n) is 4.69. The van der Waals surface area contributed by atoms with Gasteiger partial charge in [-0.25, -0.2) is 0 Å². The van der Waals surface area contributed by atoms with Gasteiger partial charge in [0.25, 0.3) is 0 Å². The molecule has 0 aliphatic rings. The Labute approximate surface area is 101 Å². The number of nitrogens with one attached hydrogen (secondary N) is 1. The van der Waals surface area contributed by atoms with Crippen LogP contribution in [-0.4, -0.2) is 10.2 Å². The molecule has 5 nitrogen and oxygen atoms in total. The first kappa shape index (κ1) is 10.9. The normalized spacial score (nSPS) is 10.4. The zero-order valence-electron chi connectivity index (χ0n) is 8.91. The maximum atomic E-state index is 5.34. The summed E-state index contributed by atoms with van der Waals surface area (Å²) in [4.78, 5) is 0. The minimum Gasteiger partial charge on any atom is -0.389 e. The molecular formula is C10H11BrN4O. The van der Waals surface area contributed by atoms with Crippen LogP contribution in [0.4, 0.5) is 17.7 Å². The first-order chi connectivity index (χ1) is 7.56. The molecule has 0 amide bonds. The number of rotatable bonds is 2. The van der Waals surface area contributed by atoms with Gasteiger partial charge in [0, 0.05) is 4.47 Å². The summed E-state index contributed by atoms with van der Waals surface area (Å²) in [7, 11) is 0. The fourth-order valence-corrected chi connectivity index (χ4v) is 2.24. The summed E-state index contributed by atoms with van der Waals surface area (Å²) in [5.74, 6) is 0. The van der Waals surface area contributed by atoms with Crippen LogP contribution < -0.4 is 11.1 Å². The highest BCUT2D eigenvalue weighted by atomic mass is 79.9. The van der Waals surface area contributed by atoms with Crippen molar-refractivity contribution in [3.63, 3.8) is 0 Å². The molecule has 3 N–H and O–H groups in total. The lowest BCUT2D eigenvalue weighted by Crippen LogP contribution is -1.95. The van der Waals surface area contributed by atoms with Crippen molar-refractivity contribution in [1.82, 2.24) is 10.2 Å². The number of hydrogen-bond donors (Lipinski definition) is 2. The molecule has 0 aliphatic heterocycles. The molecule has 0 atom stereocenters. The van der Waals surface area contributed by atoms with E-state index < -0.39 is 0 Å². The number of benzene rings is 1. The summed E-state index contributed by atoms with van der Waals surface area (Å²) >= 11 is 3.48. The smallest absolute Gasteiger partial charge is 0.321 e. The van der Waals surface area contributed by atoms with Crippen LogP contribution in [0.25, 0.3) is 0 Å². The van der Waals surface area contributed by atoms with Crippen LogP contribution in [0.1, 0.15) is 11.1 Å². The highest BCUT2D eigenvalue weighted by Gasteiger charge is 2.09. The molecule has 1 aromatic heterocycles. The van der Waals surface area contributed by atoms with Crippen molar-refractivity contribution in [3.8, 4) is 0 Å². The zero-order valence-corrected chi connectivity index (χ0v) is 10.5. The number of hydrogen-bond acceptors (Lipinski definition) is 5. The lowest BCUT2D eigenvalue weighted by Gasteiger charge is -2.09. The summed E-state index contributed by atoms with van der Waals surface area (Å²) < 4.78 is 6.00. The lowest BCUT2D eigenvalue weighted by atomic mass is 10.1. The molecule has 16 heavy (non-hydrogen) atoms. The van der Waals surface area contributed by atoms with Crippen LogP contribution in [0.15, 0.2) is 21.0 Å². The highest BCUT2D eigenvalue weighted by molar-refractivity contribution is 9.10. The number of aromatic nitrogens is 2. The van der Waals surface area contributed by atoms with Gasteiger partial charge in [0.15, 0.2) is 0 Å². The Bertz CT molecular complexity index is 500. The molecule has 1 heterocycles. The number of nitrogens with zero attached hydrogens (tertiary/aromatic N) is 2. The molecule has 84 valence electrons. The van der Waals surface area contributed by atoms with Gasteiger partial charge in [-0.2, -0.15) is 0 Å². The molecular weight excluding hydrogens is 272 g/mol. The van der Waals surface area contributed by atoms with Gasteiger partial charge in [-0.1, -0.05) is 16.3 Å². The molecule has 0 fully saturated rings. The van der Waals surface area contributed by atoms with Crippen molar-refractivity contribution < 1.29 is 4.42 Å². The second-order valence-electron chi connectivity index (χ2n) is 3.51. The second kappa shape index (κ2) is 4.13. The standard InChI is InChI=1S/C10H11BrN4O/c1-5-3-6(2)8(7(11)4-5)13-10-15-14-9(12)16-10/h3-4H,1-2H3,(H2,12,14)(H,13,15). The van der Waals surface area contributed by atoms with Gasteiger partial charge in [-0.15, -0.1) is 0 Å². The van der Waals surface area contributed by atoms with E-state index in [0.717, 1.165) is 15.7 Å². The van der Waals surface area contributed by atoms with Crippen LogP contribution in [0.3, 0.4) is 0 Å². The van der Waals surface area contributed by atoms with Crippen molar-refractivity contribution in [2.75, 3.05) is 11.1 Å². The summed E-state index contributed by atoms with van der Waals surface area (Å²) in [5, 5.41) is 10.3. The summed E-state index contributed by atoms with van der Waals surface area (Å²) in [5.41, 5.74) is 8.51. The first-order valence-corrected chi connectivity index (χ1v) is 5.48. The predicted octanol–water partition coefficient (Wildman–Crippen LogP) is 2.77. The Morgan fingerprint density at radius 3 is 2.62 bits per heavy atom. The van der Waals surface area contributed by atoms with Gasteiger partial charge >= 0.3 is 12.0 Å². The fourth-order valence-electron chi connectivity index (χ4n) is 1.47. The molecule has 0 aliphatic carbocycles. The van der Waals surface area contributed by atoms with E-state index in [9.17, 15) is 0 Å². The Hall–Kier alpha value is -1.56. The van der Waals surface area contributed by atoms with Gasteiger partial charge in [0.2, 0.25) is 0 Å². The van der Waals surface area contributed by atoms with Crippen molar-refractivity contribution in [1.29, 1.82) is 0 Å². The molecule has 1 aromatic carbocycles. The molecule has 6 heteroatoms. The quantitative estimate of drug-likeness (QED) is 0.886. The third kappa shape index (κ3) is 2.16. The summed E-state index contributed by atoms with van der Waals surface area (Å²) in [6, 6.07) is 4.40. The third-order valence-electron chi connectivity index (χ3n) is 2.10. The Balaban J connectivity index is 2.34. The van der Waals surface area contributed by atoms with Crippen LogP contribution >= 0.6 is 15.9 Å². The molecule has 0 radical (unpaired) electrons. The molecule has 0 bridgehead atoms. The topological polar surface area (TPSA) is 77.0 Å². The van der Waals surface area contributed by atoms with Crippen molar-refractivity contribution in [3.05, 3.63) is 27.7 Å². The molecule has 2 rings (SSSR count). The van der Waals surface area contributed by atoms with E-state index in [1.807, 2.05) is 19.9 Å². The Morgan fingerprint density at radius 2 is 2.06 bits per heavy atom. The van der Waals surface area contributed by atoms with Crippen LogP contribution in [0, 0.1) is 13.8 Å². The fraction of sp³-hybridized carbons (Fsp3) is 0.200. The average molecular weight is 283 g/mol. The van der Waals surface area contributed by atoms with Crippen molar-refractivity contribution in [2.45, 2.75) is 13.8 Å². The Morgan fingerprint density at radius 1 is 1.31 bits per heavy atom. The van der Waals surface area contributed by atoms with Crippen LogP contribution in [0.5, 0.6) is 0 Å². The maximum absolute atomic E-state index is 5.34. The van der Waals surface area contributed by atoms with Crippen LogP contribution in [0.2, 0.25) is 0 Å². The number of anilines is 3. The SMILES string of the molecule is Cc1cc(C)c(Nc2nnc(N)o2)c(Br)c1. The maximum Gasteiger partial charge on any atom is 0.321 e. The van der Waals surface area contributed by atoms with Gasteiger partial charge in [-0.3, -0.25) is 0 Å². The average Bonchev–Trinajstić information content (AvgIpc) is 2.58. The molecule has 0 spiro atoms. The third-order valence-corrected chi connectivity index (χ3v) is 2.73. The van der Waals surface area contributed by atoms with E-state index >= 15 is 0 Å².